The number of H-pyrrole nitrogens is 1. The molecule has 1 aliphatic heterocycles. The van der Waals surface area contributed by atoms with Crippen LogP contribution in [-0.4, -0.2) is 35.9 Å². The van der Waals surface area contributed by atoms with E-state index in [1.54, 1.807) is 0 Å². The highest BCUT2D eigenvalue weighted by Gasteiger charge is 2.55. The number of aromatic amines is 1. The molecule has 0 radical (unpaired) electrons. The zero-order chi connectivity index (χ0) is 19.9. The molecule has 0 aromatic carbocycles. The van der Waals surface area contributed by atoms with Gasteiger partial charge in [-0.2, -0.15) is 0 Å². The zero-order valence-electron chi connectivity index (χ0n) is 16.7. The Hall–Kier alpha value is -1.51. The number of carbonyl (C=O) groups excluding carboxylic acids is 1. The molecule has 1 aliphatic rings. The Labute approximate surface area is 154 Å². The highest BCUT2D eigenvalue weighted by molar-refractivity contribution is 6.74. The van der Waals surface area contributed by atoms with Crippen LogP contribution in [0, 0.1) is 5.92 Å². The Balaban J connectivity index is 2.54. The molecule has 26 heavy (non-hydrogen) atoms. The molecule has 1 aromatic rings. The summed E-state index contributed by atoms with van der Waals surface area (Å²) in [5.41, 5.74) is -2.07. The molecule has 0 saturated carbocycles. The Bertz CT molecular complexity index is 779. The first-order chi connectivity index (χ1) is 11.9. The lowest BCUT2D eigenvalue weighted by atomic mass is 9.86. The molecule has 1 saturated heterocycles. The lowest BCUT2D eigenvalue weighted by Crippen LogP contribution is -2.48. The molecular formula is C18H30N2O5Si. The van der Waals surface area contributed by atoms with Gasteiger partial charge in [-0.3, -0.25) is 14.3 Å². The minimum Gasteiger partial charge on any atom is -0.409 e. The van der Waals surface area contributed by atoms with Crippen molar-refractivity contribution in [3.05, 3.63) is 33.1 Å². The second-order valence-electron chi connectivity index (χ2n) is 8.58. The van der Waals surface area contributed by atoms with Gasteiger partial charge in [0.2, 0.25) is 0 Å². The van der Waals surface area contributed by atoms with Crippen molar-refractivity contribution in [1.82, 2.24) is 9.55 Å². The molecule has 1 aromatic heterocycles. The number of aldehydes is 1. The first-order valence-corrected chi connectivity index (χ1v) is 11.9. The molecule has 0 amide bonds. The fourth-order valence-corrected chi connectivity index (χ4v) is 4.42. The van der Waals surface area contributed by atoms with Crippen LogP contribution < -0.4 is 11.2 Å². The Morgan fingerprint density at radius 2 is 2.00 bits per heavy atom. The summed E-state index contributed by atoms with van der Waals surface area (Å²) in [6.07, 6.45) is 1.45. The SMILES string of the molecule is CC[C@@]1(C=O)O[C@@H](n2ccc(=O)[nH]c2=O)[C@H](O[Si](C)(C)C(C)(C)C)[C@@H]1C. The highest BCUT2D eigenvalue weighted by atomic mass is 28.4. The van der Waals surface area contributed by atoms with Gasteiger partial charge in [-0.1, -0.05) is 34.6 Å². The lowest BCUT2D eigenvalue weighted by molar-refractivity contribution is -0.139. The minimum atomic E-state index is -2.19. The Morgan fingerprint density at radius 1 is 1.38 bits per heavy atom. The summed E-state index contributed by atoms with van der Waals surface area (Å²) < 4.78 is 14.0. The van der Waals surface area contributed by atoms with Gasteiger partial charge in [0.15, 0.2) is 20.8 Å². The van der Waals surface area contributed by atoms with E-state index in [0.717, 1.165) is 6.29 Å². The topological polar surface area (TPSA) is 90.4 Å². The highest BCUT2D eigenvalue weighted by Crippen LogP contribution is 2.47. The number of aromatic nitrogens is 2. The van der Waals surface area contributed by atoms with E-state index in [-0.39, 0.29) is 11.0 Å². The number of carbonyl (C=O) groups is 1. The van der Waals surface area contributed by atoms with Crippen LogP contribution in [0.1, 0.15) is 47.3 Å². The van der Waals surface area contributed by atoms with Crippen molar-refractivity contribution in [3.8, 4) is 0 Å². The van der Waals surface area contributed by atoms with E-state index in [1.807, 2.05) is 13.8 Å². The van der Waals surface area contributed by atoms with Gasteiger partial charge in [0.25, 0.3) is 5.56 Å². The predicted octanol–water partition coefficient (Wildman–Crippen LogP) is 2.44. The predicted molar refractivity (Wildman–Crippen MR) is 102 cm³/mol. The number of hydrogen-bond donors (Lipinski definition) is 1. The quantitative estimate of drug-likeness (QED) is 0.624. The van der Waals surface area contributed by atoms with E-state index < -0.39 is 37.5 Å². The molecule has 0 spiro atoms. The third kappa shape index (κ3) is 3.50. The molecule has 146 valence electrons. The smallest absolute Gasteiger partial charge is 0.330 e. The average molecular weight is 383 g/mol. The summed E-state index contributed by atoms with van der Waals surface area (Å²) >= 11 is 0. The van der Waals surface area contributed by atoms with Gasteiger partial charge in [-0.05, 0) is 24.6 Å². The number of nitrogens with zero attached hydrogens (tertiary/aromatic N) is 1. The maximum atomic E-state index is 12.3. The van der Waals surface area contributed by atoms with Gasteiger partial charge in [-0.25, -0.2) is 4.79 Å². The first kappa shape index (κ1) is 20.8. The number of nitrogens with one attached hydrogen (secondary N) is 1. The van der Waals surface area contributed by atoms with Crippen LogP contribution >= 0.6 is 0 Å². The molecule has 7 nitrogen and oxygen atoms in total. The first-order valence-electron chi connectivity index (χ1n) is 9.02. The van der Waals surface area contributed by atoms with Crippen molar-refractivity contribution < 1.29 is 14.0 Å². The summed E-state index contributed by atoms with van der Waals surface area (Å²) in [6, 6.07) is 1.27. The van der Waals surface area contributed by atoms with Gasteiger partial charge < -0.3 is 14.0 Å². The summed E-state index contributed by atoms with van der Waals surface area (Å²) in [6.45, 7) is 14.5. The van der Waals surface area contributed by atoms with Crippen molar-refractivity contribution in [2.45, 2.75) is 77.1 Å². The third-order valence-corrected chi connectivity index (χ3v) is 10.5. The Morgan fingerprint density at radius 3 is 2.46 bits per heavy atom. The van der Waals surface area contributed by atoms with Gasteiger partial charge in [0, 0.05) is 18.2 Å². The van der Waals surface area contributed by atoms with Crippen LogP contribution in [0.3, 0.4) is 0 Å². The molecule has 4 atom stereocenters. The van der Waals surface area contributed by atoms with Crippen LogP contribution in [0.15, 0.2) is 21.9 Å². The van der Waals surface area contributed by atoms with E-state index in [0.29, 0.717) is 6.42 Å². The number of rotatable bonds is 5. The van der Waals surface area contributed by atoms with Crippen molar-refractivity contribution in [2.75, 3.05) is 0 Å². The fourth-order valence-electron chi connectivity index (χ4n) is 3.07. The molecule has 1 fully saturated rings. The van der Waals surface area contributed by atoms with E-state index >= 15 is 0 Å². The summed E-state index contributed by atoms with van der Waals surface area (Å²) in [5, 5.41) is -0.0358. The number of hydrogen-bond acceptors (Lipinski definition) is 5. The average Bonchev–Trinajstić information content (AvgIpc) is 2.79. The Kier molecular flexibility index (Phi) is 5.52. The van der Waals surface area contributed by atoms with Gasteiger partial charge in [-0.15, -0.1) is 0 Å². The zero-order valence-corrected chi connectivity index (χ0v) is 17.7. The molecule has 2 heterocycles. The van der Waals surface area contributed by atoms with Crippen molar-refractivity contribution in [3.63, 3.8) is 0 Å². The third-order valence-electron chi connectivity index (χ3n) is 6.00. The molecule has 8 heteroatoms. The number of ether oxygens (including phenoxy) is 1. The minimum absolute atomic E-state index is 0.0358. The summed E-state index contributed by atoms with van der Waals surface area (Å²) in [4.78, 5) is 37.9. The lowest BCUT2D eigenvalue weighted by Gasteiger charge is -2.40. The van der Waals surface area contributed by atoms with Crippen molar-refractivity contribution in [2.24, 2.45) is 5.92 Å². The normalized spacial score (nSPS) is 29.7. The van der Waals surface area contributed by atoms with Crippen LogP contribution in [0.2, 0.25) is 18.1 Å². The van der Waals surface area contributed by atoms with Gasteiger partial charge >= 0.3 is 5.69 Å². The van der Waals surface area contributed by atoms with Gasteiger partial charge in [0.05, 0.1) is 6.10 Å². The molecule has 0 unspecified atom stereocenters. The molecule has 1 N–H and O–H groups in total. The van der Waals surface area contributed by atoms with Crippen molar-refractivity contribution in [1.29, 1.82) is 0 Å². The fraction of sp³-hybridized carbons (Fsp3) is 0.722. The second kappa shape index (κ2) is 6.90. The largest absolute Gasteiger partial charge is 0.409 e. The van der Waals surface area contributed by atoms with Gasteiger partial charge in [0.1, 0.15) is 5.60 Å². The second-order valence-corrected chi connectivity index (χ2v) is 13.3. The maximum Gasteiger partial charge on any atom is 0.330 e. The van der Waals surface area contributed by atoms with E-state index in [1.165, 1.54) is 16.8 Å². The molecule has 0 aliphatic carbocycles. The van der Waals surface area contributed by atoms with E-state index in [2.05, 4.69) is 38.8 Å². The maximum absolute atomic E-state index is 12.3. The molecule has 0 bridgehead atoms. The summed E-state index contributed by atoms with van der Waals surface area (Å²) in [5.74, 6) is -0.233. The molecular weight excluding hydrogens is 352 g/mol. The molecule has 2 rings (SSSR count). The van der Waals surface area contributed by atoms with Crippen LogP contribution in [0.25, 0.3) is 0 Å². The van der Waals surface area contributed by atoms with Crippen LogP contribution in [0.5, 0.6) is 0 Å². The van der Waals surface area contributed by atoms with E-state index in [4.69, 9.17) is 9.16 Å². The van der Waals surface area contributed by atoms with Crippen molar-refractivity contribution >= 4 is 14.6 Å². The van der Waals surface area contributed by atoms with Crippen LogP contribution in [0.4, 0.5) is 0 Å². The monoisotopic (exact) mass is 382 g/mol. The standard InChI is InChI=1S/C18H30N2O5Si/c1-8-18(11-21)12(2)14(25-26(6,7)17(3,4)5)15(24-18)20-10-9-13(22)19-16(20)23/h9-12,14-15H,8H2,1-7H3,(H,19,22,23)/t12-,14+,15+,18-/m0/s1. The van der Waals surface area contributed by atoms with Crippen LogP contribution in [-0.2, 0) is 14.0 Å². The summed E-state index contributed by atoms with van der Waals surface area (Å²) in [7, 11) is -2.19. The van der Waals surface area contributed by atoms with E-state index in [9.17, 15) is 14.4 Å².